The number of nitrogens with zero attached hydrogens (tertiary/aromatic N) is 3. The molecule has 1 aliphatic carbocycles. The van der Waals surface area contributed by atoms with E-state index in [0.29, 0.717) is 12.3 Å². The summed E-state index contributed by atoms with van der Waals surface area (Å²) in [6, 6.07) is 9.33. The van der Waals surface area contributed by atoms with Gasteiger partial charge in [0.15, 0.2) is 0 Å². The van der Waals surface area contributed by atoms with E-state index in [9.17, 15) is 19.6 Å². The molecule has 1 aromatic rings. The van der Waals surface area contributed by atoms with Gasteiger partial charge in [-0.3, -0.25) is 9.69 Å². The lowest BCUT2D eigenvalue weighted by atomic mass is 9.88. The lowest BCUT2D eigenvalue weighted by molar-refractivity contribution is -0.128. The van der Waals surface area contributed by atoms with Crippen molar-refractivity contribution in [1.82, 2.24) is 20.4 Å². The molecule has 3 fully saturated rings. The number of benzene rings is 1. The standard InChI is InChI=1S/C30H43N5O4/c1-19(2)32-28(37)34-14-12-22(13-15-34)21-8-6-20(7-9-21)16-24(18-31)33-27(36)26-23-10-11-25(17-23)35(26)29(38)39-30(3,4)5/h6-9,19,22-26H,10-17H2,1-5H3,(H,32,37)(H,33,36)/t23-,24-,25+,26-/m0/s1. The largest absolute Gasteiger partial charge is 0.444 e. The molecule has 4 atom stereocenters. The third kappa shape index (κ3) is 7.03. The molecule has 0 aromatic heterocycles. The average molecular weight is 538 g/mol. The van der Waals surface area contributed by atoms with Gasteiger partial charge < -0.3 is 20.3 Å². The Morgan fingerprint density at radius 1 is 1.05 bits per heavy atom. The van der Waals surface area contributed by atoms with E-state index >= 15 is 0 Å². The molecule has 212 valence electrons. The van der Waals surface area contributed by atoms with E-state index < -0.39 is 23.8 Å². The Morgan fingerprint density at radius 2 is 1.72 bits per heavy atom. The van der Waals surface area contributed by atoms with Gasteiger partial charge in [0.05, 0.1) is 6.07 Å². The number of nitrogens with one attached hydrogen (secondary N) is 2. The minimum absolute atomic E-state index is 0.00281. The summed E-state index contributed by atoms with van der Waals surface area (Å²) in [4.78, 5) is 42.0. The van der Waals surface area contributed by atoms with Crippen LogP contribution in [-0.4, -0.2) is 70.7 Å². The minimum Gasteiger partial charge on any atom is -0.444 e. The number of hydrogen-bond acceptors (Lipinski definition) is 5. The van der Waals surface area contributed by atoms with Gasteiger partial charge in [0.25, 0.3) is 0 Å². The van der Waals surface area contributed by atoms with E-state index in [0.717, 1.165) is 50.8 Å². The second-order valence-corrected chi connectivity index (χ2v) is 12.6. The van der Waals surface area contributed by atoms with Crippen molar-refractivity contribution in [2.45, 2.75) is 109 Å². The molecule has 2 N–H and O–H groups in total. The summed E-state index contributed by atoms with van der Waals surface area (Å²) in [5, 5.41) is 15.7. The smallest absolute Gasteiger partial charge is 0.411 e. The first kappa shape index (κ1) is 28.7. The Kier molecular flexibility index (Phi) is 8.73. The van der Waals surface area contributed by atoms with Crippen molar-refractivity contribution in [2.75, 3.05) is 13.1 Å². The maximum absolute atomic E-state index is 13.3. The molecule has 3 aliphatic rings. The van der Waals surface area contributed by atoms with Gasteiger partial charge >= 0.3 is 12.1 Å². The zero-order valence-electron chi connectivity index (χ0n) is 23.9. The number of fused-ring (bicyclic) bond motifs is 2. The topological polar surface area (TPSA) is 115 Å². The van der Waals surface area contributed by atoms with Crippen LogP contribution in [-0.2, 0) is 16.0 Å². The number of hydrogen-bond donors (Lipinski definition) is 2. The van der Waals surface area contributed by atoms with Crippen LogP contribution in [0.25, 0.3) is 0 Å². The molecule has 9 nitrogen and oxygen atoms in total. The highest BCUT2D eigenvalue weighted by Crippen LogP contribution is 2.43. The number of carbonyl (C=O) groups excluding carboxylic acids is 3. The van der Waals surface area contributed by atoms with Crippen molar-refractivity contribution in [3.63, 3.8) is 0 Å². The Hall–Kier alpha value is -3.28. The molecular formula is C30H43N5O4. The van der Waals surface area contributed by atoms with Gasteiger partial charge in [0.2, 0.25) is 5.91 Å². The van der Waals surface area contributed by atoms with Crippen molar-refractivity contribution in [2.24, 2.45) is 5.92 Å². The van der Waals surface area contributed by atoms with E-state index in [1.807, 2.05) is 51.7 Å². The second kappa shape index (κ2) is 11.8. The van der Waals surface area contributed by atoms with Crippen molar-refractivity contribution >= 4 is 18.0 Å². The van der Waals surface area contributed by atoms with Gasteiger partial charge in [-0.2, -0.15) is 5.26 Å². The predicted octanol–water partition coefficient (Wildman–Crippen LogP) is 4.32. The van der Waals surface area contributed by atoms with E-state index in [-0.39, 0.29) is 29.9 Å². The molecule has 9 heteroatoms. The summed E-state index contributed by atoms with van der Waals surface area (Å²) in [7, 11) is 0. The summed E-state index contributed by atoms with van der Waals surface area (Å²) in [6.45, 7) is 10.9. The average Bonchev–Trinajstić information content (AvgIpc) is 3.49. The van der Waals surface area contributed by atoms with Gasteiger partial charge in [-0.15, -0.1) is 0 Å². The van der Waals surface area contributed by atoms with Gasteiger partial charge in [-0.1, -0.05) is 24.3 Å². The number of piperidine rings is 2. The van der Waals surface area contributed by atoms with Gasteiger partial charge in [-0.05, 0) is 89.7 Å². The highest BCUT2D eigenvalue weighted by atomic mass is 16.6. The highest BCUT2D eigenvalue weighted by Gasteiger charge is 2.52. The minimum atomic E-state index is -0.689. The summed E-state index contributed by atoms with van der Waals surface area (Å²) in [6.07, 6.45) is 4.36. The summed E-state index contributed by atoms with van der Waals surface area (Å²) in [5.41, 5.74) is 1.56. The van der Waals surface area contributed by atoms with Crippen molar-refractivity contribution in [3.05, 3.63) is 35.4 Å². The van der Waals surface area contributed by atoms with E-state index in [2.05, 4.69) is 28.8 Å². The number of urea groups is 1. The summed E-state index contributed by atoms with van der Waals surface area (Å²) in [5.74, 6) is 0.221. The third-order valence-electron chi connectivity index (χ3n) is 8.02. The number of likely N-dealkylation sites (tertiary alicyclic amines) is 2. The lowest BCUT2D eigenvalue weighted by Crippen LogP contribution is -2.55. The number of amides is 4. The fourth-order valence-corrected chi connectivity index (χ4v) is 6.20. The lowest BCUT2D eigenvalue weighted by Gasteiger charge is -2.35. The van der Waals surface area contributed by atoms with Crippen molar-refractivity contribution in [1.29, 1.82) is 5.26 Å². The van der Waals surface area contributed by atoms with Crippen LogP contribution >= 0.6 is 0 Å². The van der Waals surface area contributed by atoms with Crippen LogP contribution in [0.5, 0.6) is 0 Å². The van der Waals surface area contributed by atoms with Crippen LogP contribution in [0, 0.1) is 17.2 Å². The van der Waals surface area contributed by atoms with Crippen LogP contribution in [0.1, 0.15) is 83.8 Å². The fourth-order valence-electron chi connectivity index (χ4n) is 6.20. The quantitative estimate of drug-likeness (QED) is 0.561. The molecule has 2 bridgehead atoms. The van der Waals surface area contributed by atoms with E-state index in [4.69, 9.17) is 4.74 Å². The molecule has 1 aromatic carbocycles. The van der Waals surface area contributed by atoms with Crippen LogP contribution in [0.3, 0.4) is 0 Å². The Labute approximate surface area is 232 Å². The third-order valence-corrected chi connectivity index (χ3v) is 8.02. The molecule has 39 heavy (non-hydrogen) atoms. The first-order valence-corrected chi connectivity index (χ1v) is 14.3. The number of rotatable bonds is 6. The second-order valence-electron chi connectivity index (χ2n) is 12.6. The molecule has 0 spiro atoms. The molecule has 2 aliphatic heterocycles. The van der Waals surface area contributed by atoms with Crippen LogP contribution in [0.4, 0.5) is 9.59 Å². The first-order valence-electron chi connectivity index (χ1n) is 14.3. The maximum atomic E-state index is 13.3. The summed E-state index contributed by atoms with van der Waals surface area (Å²) >= 11 is 0. The fraction of sp³-hybridized carbons (Fsp3) is 0.667. The molecular weight excluding hydrogens is 494 g/mol. The van der Waals surface area contributed by atoms with Crippen LogP contribution < -0.4 is 10.6 Å². The monoisotopic (exact) mass is 537 g/mol. The molecule has 0 radical (unpaired) electrons. The van der Waals surface area contributed by atoms with Gasteiger partial charge in [-0.25, -0.2) is 9.59 Å². The van der Waals surface area contributed by atoms with Crippen LogP contribution in [0.15, 0.2) is 24.3 Å². The molecule has 4 rings (SSSR count). The van der Waals surface area contributed by atoms with Gasteiger partial charge in [0, 0.05) is 31.6 Å². The van der Waals surface area contributed by atoms with E-state index in [1.54, 1.807) is 4.90 Å². The predicted molar refractivity (Wildman–Crippen MR) is 148 cm³/mol. The molecule has 1 saturated carbocycles. The molecule has 4 amide bonds. The van der Waals surface area contributed by atoms with Crippen LogP contribution in [0.2, 0.25) is 0 Å². The first-order chi connectivity index (χ1) is 18.4. The van der Waals surface area contributed by atoms with Crippen molar-refractivity contribution in [3.8, 4) is 6.07 Å². The number of ether oxygens (including phenoxy) is 1. The number of carbonyl (C=O) groups is 3. The Balaban J connectivity index is 1.32. The van der Waals surface area contributed by atoms with E-state index in [1.165, 1.54) is 5.56 Å². The Morgan fingerprint density at radius 3 is 2.31 bits per heavy atom. The molecule has 2 heterocycles. The molecule has 2 saturated heterocycles. The maximum Gasteiger partial charge on any atom is 0.411 e. The van der Waals surface area contributed by atoms with Crippen molar-refractivity contribution < 1.29 is 19.1 Å². The SMILES string of the molecule is CC(C)NC(=O)N1CCC(c2ccc(C[C@@H](C#N)NC(=O)[C@@H]3[C@H]4CC[C@H](C4)N3C(=O)OC(C)(C)C)cc2)CC1. The highest BCUT2D eigenvalue weighted by molar-refractivity contribution is 5.87. The normalized spacial score (nSPS) is 23.9. The zero-order chi connectivity index (χ0) is 28.3. The number of nitriles is 1. The Bertz CT molecular complexity index is 1080. The van der Waals surface area contributed by atoms with Gasteiger partial charge in [0.1, 0.15) is 17.7 Å². The summed E-state index contributed by atoms with van der Waals surface area (Å²) < 4.78 is 5.59. The zero-order valence-corrected chi connectivity index (χ0v) is 23.9. The molecule has 0 unspecified atom stereocenters.